The molecule has 5 aromatic rings. The Labute approximate surface area is 251 Å². The summed E-state index contributed by atoms with van der Waals surface area (Å²) in [6.07, 6.45) is 2.47. The predicted octanol–water partition coefficient (Wildman–Crippen LogP) is 5.41. The van der Waals surface area contributed by atoms with Gasteiger partial charge < -0.3 is 15.3 Å². The van der Waals surface area contributed by atoms with Gasteiger partial charge in [-0.2, -0.15) is 0 Å². The first-order valence-corrected chi connectivity index (χ1v) is 15.1. The van der Waals surface area contributed by atoms with Gasteiger partial charge >= 0.3 is 6.09 Å². The van der Waals surface area contributed by atoms with Crippen molar-refractivity contribution >= 4 is 56.2 Å². The second-order valence-electron chi connectivity index (χ2n) is 9.95. The minimum atomic E-state index is -3.89. The lowest BCUT2D eigenvalue weighted by Gasteiger charge is -2.17. The molecule has 11 nitrogen and oxygen atoms in total. The van der Waals surface area contributed by atoms with E-state index in [4.69, 9.17) is 16.7 Å². The molecule has 1 fully saturated rings. The third-order valence-electron chi connectivity index (χ3n) is 7.17. The number of halogens is 1. The Kier molecular flexibility index (Phi) is 7.46. The maximum Gasteiger partial charge on any atom is 0.409 e. The van der Waals surface area contributed by atoms with E-state index in [2.05, 4.69) is 20.6 Å². The van der Waals surface area contributed by atoms with Gasteiger partial charge in [-0.05, 0) is 48.9 Å². The van der Waals surface area contributed by atoms with Crippen LogP contribution in [0.25, 0.3) is 22.2 Å². The maximum atomic E-state index is 13.5. The lowest BCUT2D eigenvalue weighted by Crippen LogP contribution is -2.31. The lowest BCUT2D eigenvalue weighted by molar-refractivity contribution is 0.0791. The van der Waals surface area contributed by atoms with Crippen molar-refractivity contribution in [3.8, 4) is 11.3 Å². The van der Waals surface area contributed by atoms with Crippen molar-refractivity contribution in [2.45, 2.75) is 17.4 Å². The van der Waals surface area contributed by atoms with Crippen molar-refractivity contribution in [2.75, 3.05) is 23.7 Å². The summed E-state index contributed by atoms with van der Waals surface area (Å²) in [6, 6.07) is 21.4. The van der Waals surface area contributed by atoms with Gasteiger partial charge in [0.15, 0.2) is 0 Å². The monoisotopic (exact) mass is 616 g/mol. The first kappa shape index (κ1) is 28.2. The molecule has 1 atom stereocenters. The zero-order valence-corrected chi connectivity index (χ0v) is 24.1. The fourth-order valence-electron chi connectivity index (χ4n) is 5.12. The average Bonchev–Trinajstić information content (AvgIpc) is 3.64. The summed E-state index contributed by atoms with van der Waals surface area (Å²) in [7, 11) is -3.89. The molecule has 3 aromatic carbocycles. The first-order chi connectivity index (χ1) is 20.7. The van der Waals surface area contributed by atoms with Crippen LogP contribution in [0.3, 0.4) is 0 Å². The summed E-state index contributed by atoms with van der Waals surface area (Å²) in [5, 5.41) is 15.3. The van der Waals surface area contributed by atoms with Crippen molar-refractivity contribution in [3.05, 3.63) is 102 Å². The van der Waals surface area contributed by atoms with Crippen LogP contribution < -0.4 is 10.6 Å². The molecule has 43 heavy (non-hydrogen) atoms. The van der Waals surface area contributed by atoms with Crippen LogP contribution in [-0.4, -0.2) is 63.5 Å². The number of nitrogens with one attached hydrogen (secondary N) is 2. The number of carbonyl (C=O) groups excluding carboxylic acids is 1. The summed E-state index contributed by atoms with van der Waals surface area (Å²) in [6.45, 7) is 0.917. The molecule has 2 amide bonds. The molecule has 0 spiro atoms. The zero-order valence-electron chi connectivity index (χ0n) is 22.5. The Balaban J connectivity index is 1.24. The number of fused-ring (bicyclic) bond motifs is 1. The van der Waals surface area contributed by atoms with E-state index in [1.165, 1.54) is 28.5 Å². The fraction of sp³-hybridized carbons (Fsp3) is 0.133. The van der Waals surface area contributed by atoms with E-state index in [0.29, 0.717) is 58.9 Å². The molecule has 218 valence electrons. The number of likely N-dealkylation sites (tertiary alicyclic amines) is 1. The molecule has 1 aliphatic heterocycles. The minimum absolute atomic E-state index is 0.134. The number of anilines is 2. The Bertz CT molecular complexity index is 1950. The van der Waals surface area contributed by atoms with Gasteiger partial charge in [0, 0.05) is 47.5 Å². The number of para-hydroxylation sites is 1. The number of amides is 2. The number of carbonyl (C=O) groups is 2. The van der Waals surface area contributed by atoms with Crippen molar-refractivity contribution in [3.63, 3.8) is 0 Å². The van der Waals surface area contributed by atoms with E-state index in [1.807, 2.05) is 12.1 Å². The minimum Gasteiger partial charge on any atom is -0.465 e. The van der Waals surface area contributed by atoms with Crippen molar-refractivity contribution in [1.82, 2.24) is 18.8 Å². The second kappa shape index (κ2) is 11.4. The quantitative estimate of drug-likeness (QED) is 0.220. The van der Waals surface area contributed by atoms with Crippen LogP contribution in [0.4, 0.5) is 16.4 Å². The standard InChI is InChI=1S/C30H25ClN6O5S/c31-25-16-32-29(33-21-14-15-36(17-21)28(38)19-10-12-20(13-11-19)34-30(39)40)35-27(25)24-18-37(26-9-5-4-8-23(24)26)43(41,42)22-6-2-1-3-7-22/h1-13,16,18,21,34H,14-15,17H2,(H,39,40)(H,32,33,35)/t21-/m0/s1. The fourth-order valence-corrected chi connectivity index (χ4v) is 6.70. The summed E-state index contributed by atoms with van der Waals surface area (Å²) in [4.78, 5) is 34.7. The smallest absolute Gasteiger partial charge is 0.409 e. The van der Waals surface area contributed by atoms with Crippen LogP contribution in [0, 0.1) is 0 Å². The molecular weight excluding hydrogens is 592 g/mol. The Hall–Kier alpha value is -4.94. The molecule has 1 aliphatic rings. The summed E-state index contributed by atoms with van der Waals surface area (Å²) in [5.41, 5.74) is 2.22. The highest BCUT2D eigenvalue weighted by atomic mass is 35.5. The van der Waals surface area contributed by atoms with Gasteiger partial charge in [0.05, 0.1) is 27.3 Å². The lowest BCUT2D eigenvalue weighted by atomic mass is 10.1. The molecular formula is C30H25ClN6O5S. The van der Waals surface area contributed by atoms with Gasteiger partial charge in [-0.25, -0.2) is 27.2 Å². The van der Waals surface area contributed by atoms with Crippen molar-refractivity contribution < 1.29 is 23.1 Å². The van der Waals surface area contributed by atoms with Crippen LogP contribution in [0.15, 0.2) is 96.2 Å². The first-order valence-electron chi connectivity index (χ1n) is 13.3. The number of benzene rings is 3. The largest absolute Gasteiger partial charge is 0.465 e. The van der Waals surface area contributed by atoms with Gasteiger partial charge in [0.25, 0.3) is 15.9 Å². The zero-order chi connectivity index (χ0) is 30.1. The van der Waals surface area contributed by atoms with Crippen LogP contribution in [0.2, 0.25) is 5.02 Å². The van der Waals surface area contributed by atoms with Gasteiger partial charge in [-0.1, -0.05) is 48.0 Å². The Morgan fingerprint density at radius 2 is 1.70 bits per heavy atom. The van der Waals surface area contributed by atoms with Crippen molar-refractivity contribution in [2.24, 2.45) is 0 Å². The number of hydrogen-bond donors (Lipinski definition) is 3. The Morgan fingerprint density at radius 1 is 0.977 bits per heavy atom. The van der Waals surface area contributed by atoms with Crippen LogP contribution in [0.1, 0.15) is 16.8 Å². The van der Waals surface area contributed by atoms with E-state index >= 15 is 0 Å². The third kappa shape index (κ3) is 5.62. The van der Waals surface area contributed by atoms with Gasteiger partial charge in [0.2, 0.25) is 5.95 Å². The van der Waals surface area contributed by atoms with Crippen molar-refractivity contribution in [1.29, 1.82) is 0 Å². The molecule has 3 heterocycles. The van der Waals surface area contributed by atoms with E-state index in [9.17, 15) is 18.0 Å². The van der Waals surface area contributed by atoms with Gasteiger partial charge in [-0.3, -0.25) is 10.1 Å². The highest BCUT2D eigenvalue weighted by molar-refractivity contribution is 7.90. The molecule has 0 radical (unpaired) electrons. The summed E-state index contributed by atoms with van der Waals surface area (Å²) in [5.74, 6) is 0.127. The van der Waals surface area contributed by atoms with E-state index in [1.54, 1.807) is 59.5 Å². The predicted molar refractivity (Wildman–Crippen MR) is 163 cm³/mol. The second-order valence-corrected chi connectivity index (χ2v) is 12.2. The molecule has 13 heteroatoms. The highest BCUT2D eigenvalue weighted by Gasteiger charge is 2.28. The van der Waals surface area contributed by atoms with E-state index in [0.717, 1.165) is 0 Å². The molecule has 0 bridgehead atoms. The number of carboxylic acid groups (broad SMARTS) is 1. The molecule has 0 aliphatic carbocycles. The van der Waals surface area contributed by atoms with E-state index in [-0.39, 0.29) is 21.9 Å². The number of hydrogen-bond acceptors (Lipinski definition) is 7. The summed E-state index contributed by atoms with van der Waals surface area (Å²) < 4.78 is 28.3. The number of rotatable bonds is 7. The molecule has 1 saturated heterocycles. The normalized spacial score (nSPS) is 15.0. The molecule has 2 aromatic heterocycles. The molecule has 6 rings (SSSR count). The van der Waals surface area contributed by atoms with Crippen LogP contribution in [-0.2, 0) is 10.0 Å². The van der Waals surface area contributed by atoms with Crippen LogP contribution in [0.5, 0.6) is 0 Å². The average molecular weight is 617 g/mol. The van der Waals surface area contributed by atoms with Crippen LogP contribution >= 0.6 is 11.6 Å². The molecule has 0 saturated carbocycles. The number of aromatic nitrogens is 3. The van der Waals surface area contributed by atoms with E-state index < -0.39 is 16.1 Å². The third-order valence-corrected chi connectivity index (χ3v) is 9.13. The number of nitrogens with zero attached hydrogens (tertiary/aromatic N) is 4. The Morgan fingerprint density at radius 3 is 2.44 bits per heavy atom. The van der Waals surface area contributed by atoms with Gasteiger partial charge in [-0.15, -0.1) is 0 Å². The highest BCUT2D eigenvalue weighted by Crippen LogP contribution is 2.36. The van der Waals surface area contributed by atoms with Gasteiger partial charge in [0.1, 0.15) is 0 Å². The molecule has 0 unspecified atom stereocenters. The SMILES string of the molecule is O=C(O)Nc1ccc(C(=O)N2CC[C@H](Nc3ncc(Cl)c(-c4cn(S(=O)(=O)c5ccccc5)c5ccccc45)n3)C2)cc1. The summed E-state index contributed by atoms with van der Waals surface area (Å²) >= 11 is 6.56. The maximum absolute atomic E-state index is 13.5. The molecule has 3 N–H and O–H groups in total. The topological polar surface area (TPSA) is 147 Å².